The Morgan fingerprint density at radius 2 is 1.82 bits per heavy atom. The van der Waals surface area contributed by atoms with Crippen LogP contribution >= 0.6 is 0 Å². The predicted octanol–water partition coefficient (Wildman–Crippen LogP) is 3.14. The number of fused-ring (bicyclic) bond motifs is 4. The van der Waals surface area contributed by atoms with Gasteiger partial charge in [0.05, 0.1) is 13.2 Å². The van der Waals surface area contributed by atoms with E-state index >= 15 is 0 Å². The average Bonchev–Trinajstić information content (AvgIpc) is 2.91. The Morgan fingerprint density at radius 1 is 1.09 bits per heavy atom. The second-order valence-electron chi connectivity index (χ2n) is 9.05. The first-order valence-corrected chi connectivity index (χ1v) is 9.65. The quantitative estimate of drug-likeness (QED) is 0.793. The van der Waals surface area contributed by atoms with Crippen LogP contribution in [0.5, 0.6) is 0 Å². The molecule has 1 aliphatic carbocycles. The molecule has 0 N–H and O–H groups in total. The summed E-state index contributed by atoms with van der Waals surface area (Å²) >= 11 is 0. The molecule has 5 atom stereocenters. The molecule has 0 aromatic carbocycles. The second-order valence-corrected chi connectivity index (χ2v) is 9.05. The van der Waals surface area contributed by atoms with Gasteiger partial charge in [-0.2, -0.15) is 0 Å². The summed E-state index contributed by atoms with van der Waals surface area (Å²) in [5.41, 5.74) is 0.615. The van der Waals surface area contributed by atoms with E-state index in [0.29, 0.717) is 17.5 Å². The Kier molecular flexibility index (Phi) is 4.03. The largest absolute Gasteiger partial charge is 0.378 e. The van der Waals surface area contributed by atoms with Crippen molar-refractivity contribution in [3.63, 3.8) is 0 Å². The predicted molar refractivity (Wildman–Crippen MR) is 90.0 cm³/mol. The Balaban J connectivity index is 1.45. The van der Waals surface area contributed by atoms with E-state index in [-0.39, 0.29) is 0 Å². The van der Waals surface area contributed by atoms with Gasteiger partial charge in [-0.25, -0.2) is 0 Å². The fourth-order valence-corrected chi connectivity index (χ4v) is 6.21. The standard InChI is InChI=1S/C19H34N2O/c1-14(2)20-10-16-6-7-19(9-16,13-20)8-15(3)21-17-4-5-18(21)12-22-11-17/h14-18H,4-13H2,1-3H3. The lowest BCUT2D eigenvalue weighted by molar-refractivity contribution is -0.0475. The van der Waals surface area contributed by atoms with E-state index in [1.165, 1.54) is 51.6 Å². The first-order valence-electron chi connectivity index (χ1n) is 9.65. The normalized spacial score (nSPS) is 43.9. The number of nitrogens with zero attached hydrogens (tertiary/aromatic N) is 2. The van der Waals surface area contributed by atoms with Gasteiger partial charge < -0.3 is 9.64 Å². The Morgan fingerprint density at radius 3 is 2.50 bits per heavy atom. The number of rotatable bonds is 4. The molecule has 5 unspecified atom stereocenters. The Bertz CT molecular complexity index is 396. The smallest absolute Gasteiger partial charge is 0.0622 e. The van der Waals surface area contributed by atoms with Crippen molar-refractivity contribution in [2.45, 2.75) is 83.5 Å². The molecule has 22 heavy (non-hydrogen) atoms. The maximum atomic E-state index is 5.79. The van der Waals surface area contributed by atoms with E-state index in [9.17, 15) is 0 Å². The van der Waals surface area contributed by atoms with Gasteiger partial charge in [0.2, 0.25) is 0 Å². The van der Waals surface area contributed by atoms with Crippen LogP contribution in [-0.2, 0) is 4.74 Å². The number of morpholine rings is 1. The van der Waals surface area contributed by atoms with Crippen LogP contribution in [0.1, 0.15) is 59.3 Å². The molecule has 0 spiro atoms. The van der Waals surface area contributed by atoms with Crippen LogP contribution in [-0.4, -0.2) is 60.3 Å². The summed E-state index contributed by atoms with van der Waals surface area (Å²) in [5.74, 6) is 0.977. The maximum Gasteiger partial charge on any atom is 0.0622 e. The third-order valence-electron chi connectivity index (χ3n) is 7.10. The zero-order chi connectivity index (χ0) is 15.3. The number of likely N-dealkylation sites (tertiary alicyclic amines) is 1. The van der Waals surface area contributed by atoms with E-state index in [0.717, 1.165) is 31.2 Å². The minimum atomic E-state index is 0.615. The summed E-state index contributed by atoms with van der Waals surface area (Å²) in [5, 5.41) is 0. The lowest BCUT2D eigenvalue weighted by Crippen LogP contribution is -2.53. The summed E-state index contributed by atoms with van der Waals surface area (Å²) in [4.78, 5) is 5.61. The molecule has 4 bridgehead atoms. The molecule has 4 rings (SSSR count). The van der Waals surface area contributed by atoms with Crippen molar-refractivity contribution in [1.82, 2.24) is 9.80 Å². The molecule has 3 heteroatoms. The molecule has 3 aliphatic heterocycles. The molecule has 3 heterocycles. The highest BCUT2D eigenvalue weighted by atomic mass is 16.5. The number of ether oxygens (including phenoxy) is 1. The van der Waals surface area contributed by atoms with E-state index in [1.54, 1.807) is 0 Å². The van der Waals surface area contributed by atoms with Gasteiger partial charge in [0.25, 0.3) is 0 Å². The molecule has 0 aromatic rings. The fraction of sp³-hybridized carbons (Fsp3) is 1.00. The van der Waals surface area contributed by atoms with Gasteiger partial charge in [-0.15, -0.1) is 0 Å². The lowest BCUT2D eigenvalue weighted by atomic mass is 9.76. The fourth-order valence-electron chi connectivity index (χ4n) is 6.21. The van der Waals surface area contributed by atoms with E-state index < -0.39 is 0 Å². The molecular weight excluding hydrogens is 272 g/mol. The van der Waals surface area contributed by atoms with Crippen molar-refractivity contribution in [2.75, 3.05) is 26.3 Å². The molecule has 126 valence electrons. The van der Waals surface area contributed by atoms with Gasteiger partial charge in [-0.05, 0) is 70.6 Å². The monoisotopic (exact) mass is 306 g/mol. The second kappa shape index (κ2) is 5.75. The van der Waals surface area contributed by atoms with Crippen molar-refractivity contribution < 1.29 is 4.74 Å². The first kappa shape index (κ1) is 15.4. The number of piperidine rings is 1. The van der Waals surface area contributed by atoms with Crippen LogP contribution in [0.3, 0.4) is 0 Å². The number of hydrogen-bond donors (Lipinski definition) is 0. The van der Waals surface area contributed by atoms with Crippen molar-refractivity contribution in [3.05, 3.63) is 0 Å². The van der Waals surface area contributed by atoms with Crippen LogP contribution in [0.2, 0.25) is 0 Å². The molecule has 3 nitrogen and oxygen atoms in total. The maximum absolute atomic E-state index is 5.79. The van der Waals surface area contributed by atoms with Crippen LogP contribution in [0.15, 0.2) is 0 Å². The Labute approximate surface area is 136 Å². The summed E-state index contributed by atoms with van der Waals surface area (Å²) in [6.07, 6.45) is 8.60. The van der Waals surface area contributed by atoms with Crippen molar-refractivity contribution >= 4 is 0 Å². The molecular formula is C19H34N2O. The molecule has 4 fully saturated rings. The first-order chi connectivity index (χ1) is 10.6. The van der Waals surface area contributed by atoms with Gasteiger partial charge in [-0.1, -0.05) is 0 Å². The lowest BCUT2D eigenvalue weighted by Gasteiger charge is -2.47. The molecule has 0 aromatic heterocycles. The zero-order valence-electron chi connectivity index (χ0n) is 14.8. The summed E-state index contributed by atoms with van der Waals surface area (Å²) in [7, 11) is 0. The van der Waals surface area contributed by atoms with E-state index in [2.05, 4.69) is 30.6 Å². The van der Waals surface area contributed by atoms with Crippen LogP contribution < -0.4 is 0 Å². The van der Waals surface area contributed by atoms with Gasteiger partial charge in [0, 0.05) is 37.3 Å². The highest BCUT2D eigenvalue weighted by molar-refractivity contribution is 5.01. The summed E-state index contributed by atoms with van der Waals surface area (Å²) in [6, 6.07) is 2.89. The number of hydrogen-bond acceptors (Lipinski definition) is 3. The van der Waals surface area contributed by atoms with E-state index in [4.69, 9.17) is 4.74 Å². The SMILES string of the molecule is CC(C)N1CC2CCC(CC(C)N3C4CCC3COC4)(C2)C1. The van der Waals surface area contributed by atoms with Gasteiger partial charge in [-0.3, -0.25) is 4.90 Å². The third kappa shape index (κ3) is 2.63. The van der Waals surface area contributed by atoms with Gasteiger partial charge in [0.15, 0.2) is 0 Å². The van der Waals surface area contributed by atoms with Gasteiger partial charge >= 0.3 is 0 Å². The minimum absolute atomic E-state index is 0.615. The minimum Gasteiger partial charge on any atom is -0.378 e. The molecule has 0 radical (unpaired) electrons. The molecule has 0 amide bonds. The highest BCUT2D eigenvalue weighted by Gasteiger charge is 2.48. The van der Waals surface area contributed by atoms with Crippen molar-refractivity contribution in [2.24, 2.45) is 11.3 Å². The van der Waals surface area contributed by atoms with Crippen LogP contribution in [0.25, 0.3) is 0 Å². The summed E-state index contributed by atoms with van der Waals surface area (Å²) in [6.45, 7) is 11.9. The molecule has 1 saturated carbocycles. The van der Waals surface area contributed by atoms with Crippen molar-refractivity contribution in [1.29, 1.82) is 0 Å². The molecule has 4 aliphatic rings. The highest BCUT2D eigenvalue weighted by Crippen LogP contribution is 2.50. The van der Waals surface area contributed by atoms with Crippen LogP contribution in [0.4, 0.5) is 0 Å². The molecule has 3 saturated heterocycles. The average molecular weight is 306 g/mol. The summed E-state index contributed by atoms with van der Waals surface area (Å²) < 4.78 is 5.79. The zero-order valence-corrected chi connectivity index (χ0v) is 14.8. The van der Waals surface area contributed by atoms with Crippen LogP contribution in [0, 0.1) is 11.3 Å². The van der Waals surface area contributed by atoms with E-state index in [1.807, 2.05) is 0 Å². The van der Waals surface area contributed by atoms with Gasteiger partial charge in [0.1, 0.15) is 0 Å². The Hall–Kier alpha value is -0.120. The topological polar surface area (TPSA) is 15.7 Å². The third-order valence-corrected chi connectivity index (χ3v) is 7.10. The van der Waals surface area contributed by atoms with Crippen molar-refractivity contribution in [3.8, 4) is 0 Å².